The van der Waals surface area contributed by atoms with E-state index in [0.717, 1.165) is 25.1 Å². The standard InChI is InChI=1S/C18H28N4O3/c1-24-10-11-25-17-5-4-15(12-19-17)13-20-18(23)22-9-6-16(14-22)21-7-2-3-8-21/h4-5,12,16H,2-3,6-11,13-14H2,1H3,(H,20,23)/t16-/m1/s1. The number of likely N-dealkylation sites (tertiary alicyclic amines) is 2. The van der Waals surface area contributed by atoms with Gasteiger partial charge in [-0.1, -0.05) is 6.07 Å². The number of nitrogens with zero attached hydrogens (tertiary/aromatic N) is 3. The van der Waals surface area contributed by atoms with Crippen LogP contribution in [0.5, 0.6) is 5.88 Å². The normalized spacial score (nSPS) is 20.8. The molecule has 25 heavy (non-hydrogen) atoms. The monoisotopic (exact) mass is 348 g/mol. The molecule has 2 saturated heterocycles. The van der Waals surface area contributed by atoms with Gasteiger partial charge in [0.2, 0.25) is 5.88 Å². The van der Waals surface area contributed by atoms with E-state index in [9.17, 15) is 4.79 Å². The molecule has 0 bridgehead atoms. The van der Waals surface area contributed by atoms with E-state index in [4.69, 9.17) is 9.47 Å². The molecule has 2 amide bonds. The van der Waals surface area contributed by atoms with Gasteiger partial charge in [-0.3, -0.25) is 4.90 Å². The largest absolute Gasteiger partial charge is 0.475 e. The summed E-state index contributed by atoms with van der Waals surface area (Å²) in [5.74, 6) is 0.570. The summed E-state index contributed by atoms with van der Waals surface area (Å²) in [5.41, 5.74) is 0.961. The first-order valence-corrected chi connectivity index (χ1v) is 9.10. The molecule has 0 saturated carbocycles. The first-order valence-electron chi connectivity index (χ1n) is 9.10. The van der Waals surface area contributed by atoms with Gasteiger partial charge in [0.25, 0.3) is 0 Å². The van der Waals surface area contributed by atoms with Crippen molar-refractivity contribution in [2.45, 2.75) is 31.8 Å². The van der Waals surface area contributed by atoms with E-state index in [0.29, 0.717) is 31.7 Å². The molecule has 2 fully saturated rings. The molecule has 0 aliphatic carbocycles. The van der Waals surface area contributed by atoms with Crippen molar-refractivity contribution in [2.24, 2.45) is 0 Å². The number of pyridine rings is 1. The molecule has 1 aromatic heterocycles. The molecule has 1 atom stereocenters. The maximum atomic E-state index is 12.4. The second kappa shape index (κ2) is 9.01. The maximum Gasteiger partial charge on any atom is 0.317 e. The Hall–Kier alpha value is -1.86. The minimum Gasteiger partial charge on any atom is -0.475 e. The highest BCUT2D eigenvalue weighted by molar-refractivity contribution is 5.74. The number of carbonyl (C=O) groups excluding carboxylic acids is 1. The van der Waals surface area contributed by atoms with Crippen molar-refractivity contribution in [1.29, 1.82) is 0 Å². The minimum absolute atomic E-state index is 0.0159. The first-order chi connectivity index (χ1) is 12.3. The molecule has 1 N–H and O–H groups in total. The Labute approximate surface area is 149 Å². The lowest BCUT2D eigenvalue weighted by atomic mass is 10.2. The number of hydrogen-bond acceptors (Lipinski definition) is 5. The third kappa shape index (κ3) is 5.06. The second-order valence-electron chi connectivity index (χ2n) is 6.64. The lowest BCUT2D eigenvalue weighted by Gasteiger charge is -2.23. The Kier molecular flexibility index (Phi) is 6.47. The zero-order valence-electron chi connectivity index (χ0n) is 14.9. The van der Waals surface area contributed by atoms with Crippen LogP contribution in [0.25, 0.3) is 0 Å². The van der Waals surface area contributed by atoms with Crippen LogP contribution in [0.3, 0.4) is 0 Å². The van der Waals surface area contributed by atoms with Crippen LogP contribution in [0.1, 0.15) is 24.8 Å². The third-order valence-electron chi connectivity index (χ3n) is 4.89. The van der Waals surface area contributed by atoms with Gasteiger partial charge in [-0.05, 0) is 37.9 Å². The van der Waals surface area contributed by atoms with Crippen LogP contribution < -0.4 is 10.1 Å². The topological polar surface area (TPSA) is 66.9 Å². The first kappa shape index (κ1) is 17.9. The minimum atomic E-state index is 0.0159. The quantitative estimate of drug-likeness (QED) is 0.756. The van der Waals surface area contributed by atoms with Gasteiger partial charge in [-0.25, -0.2) is 9.78 Å². The Morgan fingerprint density at radius 1 is 1.28 bits per heavy atom. The van der Waals surface area contributed by atoms with Gasteiger partial charge in [0.05, 0.1) is 6.61 Å². The average Bonchev–Trinajstić information content (AvgIpc) is 3.32. The highest BCUT2D eigenvalue weighted by Gasteiger charge is 2.31. The second-order valence-corrected chi connectivity index (χ2v) is 6.64. The number of nitrogens with one attached hydrogen (secondary N) is 1. The molecule has 2 aliphatic rings. The van der Waals surface area contributed by atoms with Crippen LogP contribution in [0, 0.1) is 0 Å². The molecule has 0 aromatic carbocycles. The van der Waals surface area contributed by atoms with E-state index in [-0.39, 0.29) is 6.03 Å². The number of aromatic nitrogens is 1. The lowest BCUT2D eigenvalue weighted by molar-refractivity contribution is 0.143. The van der Waals surface area contributed by atoms with Crippen LogP contribution >= 0.6 is 0 Å². The Bertz CT molecular complexity index is 546. The molecule has 7 heteroatoms. The van der Waals surface area contributed by atoms with E-state index in [2.05, 4.69) is 15.2 Å². The molecule has 0 radical (unpaired) electrons. The molecule has 0 spiro atoms. The fraction of sp³-hybridized carbons (Fsp3) is 0.667. The van der Waals surface area contributed by atoms with Gasteiger partial charge in [0.15, 0.2) is 0 Å². The van der Waals surface area contributed by atoms with E-state index in [1.54, 1.807) is 13.3 Å². The van der Waals surface area contributed by atoms with Gasteiger partial charge >= 0.3 is 6.03 Å². The van der Waals surface area contributed by atoms with Crippen LogP contribution in [-0.4, -0.2) is 73.4 Å². The number of carbonyl (C=O) groups is 1. The van der Waals surface area contributed by atoms with E-state index in [1.807, 2.05) is 17.0 Å². The van der Waals surface area contributed by atoms with E-state index in [1.165, 1.54) is 25.9 Å². The van der Waals surface area contributed by atoms with Crippen LogP contribution in [0.4, 0.5) is 4.79 Å². The highest BCUT2D eigenvalue weighted by Crippen LogP contribution is 2.20. The number of methoxy groups -OCH3 is 1. The van der Waals surface area contributed by atoms with Gasteiger partial charge in [0, 0.05) is 45.0 Å². The average molecular weight is 348 g/mol. The predicted octanol–water partition coefficient (Wildman–Crippen LogP) is 1.49. The molecule has 0 unspecified atom stereocenters. The van der Waals surface area contributed by atoms with Crippen LogP contribution in [0.15, 0.2) is 18.3 Å². The summed E-state index contributed by atoms with van der Waals surface area (Å²) in [6.07, 6.45) is 5.41. The summed E-state index contributed by atoms with van der Waals surface area (Å²) in [6.45, 7) is 5.55. The maximum absolute atomic E-state index is 12.4. The molecule has 3 heterocycles. The molecular formula is C18H28N4O3. The van der Waals surface area contributed by atoms with Crippen LogP contribution in [0.2, 0.25) is 0 Å². The van der Waals surface area contributed by atoms with Crippen molar-refractivity contribution in [2.75, 3.05) is 46.5 Å². The number of amides is 2. The zero-order chi connectivity index (χ0) is 17.5. The summed E-state index contributed by atoms with van der Waals surface area (Å²) in [7, 11) is 1.64. The Morgan fingerprint density at radius 2 is 2.12 bits per heavy atom. The summed E-state index contributed by atoms with van der Waals surface area (Å²) in [5, 5.41) is 2.99. The molecule has 138 valence electrons. The number of rotatable bonds is 7. The Balaban J connectivity index is 1.40. The third-order valence-corrected chi connectivity index (χ3v) is 4.89. The van der Waals surface area contributed by atoms with Crippen molar-refractivity contribution in [3.63, 3.8) is 0 Å². The van der Waals surface area contributed by atoms with Crippen molar-refractivity contribution >= 4 is 6.03 Å². The van der Waals surface area contributed by atoms with Gasteiger partial charge in [-0.15, -0.1) is 0 Å². The molecule has 1 aromatic rings. The number of urea groups is 1. The Morgan fingerprint density at radius 3 is 2.84 bits per heavy atom. The van der Waals surface area contributed by atoms with Gasteiger partial charge in [0.1, 0.15) is 6.61 Å². The van der Waals surface area contributed by atoms with Gasteiger partial charge in [-0.2, -0.15) is 0 Å². The van der Waals surface area contributed by atoms with Crippen LogP contribution in [-0.2, 0) is 11.3 Å². The summed E-state index contributed by atoms with van der Waals surface area (Å²) < 4.78 is 10.4. The SMILES string of the molecule is COCCOc1ccc(CNC(=O)N2CC[C@@H](N3CCCC3)C2)cn1. The highest BCUT2D eigenvalue weighted by atomic mass is 16.5. The van der Waals surface area contributed by atoms with E-state index < -0.39 is 0 Å². The molecule has 3 rings (SSSR count). The van der Waals surface area contributed by atoms with E-state index >= 15 is 0 Å². The van der Waals surface area contributed by atoms with Crippen molar-refractivity contribution in [3.05, 3.63) is 23.9 Å². The summed E-state index contributed by atoms with van der Waals surface area (Å²) >= 11 is 0. The zero-order valence-corrected chi connectivity index (χ0v) is 14.9. The number of hydrogen-bond donors (Lipinski definition) is 1. The molecular weight excluding hydrogens is 320 g/mol. The fourth-order valence-corrected chi connectivity index (χ4v) is 3.45. The molecule has 2 aliphatic heterocycles. The summed E-state index contributed by atoms with van der Waals surface area (Å²) in [6, 6.07) is 4.30. The van der Waals surface area contributed by atoms with Crippen molar-refractivity contribution in [1.82, 2.24) is 20.1 Å². The lowest BCUT2D eigenvalue weighted by Crippen LogP contribution is -2.41. The predicted molar refractivity (Wildman–Crippen MR) is 94.6 cm³/mol. The fourth-order valence-electron chi connectivity index (χ4n) is 3.45. The molecule has 7 nitrogen and oxygen atoms in total. The van der Waals surface area contributed by atoms with Gasteiger partial charge < -0.3 is 19.7 Å². The number of ether oxygens (including phenoxy) is 2. The van der Waals surface area contributed by atoms with Crippen molar-refractivity contribution in [3.8, 4) is 5.88 Å². The smallest absolute Gasteiger partial charge is 0.317 e. The van der Waals surface area contributed by atoms with Crippen molar-refractivity contribution < 1.29 is 14.3 Å². The summed E-state index contributed by atoms with van der Waals surface area (Å²) in [4.78, 5) is 21.1.